The maximum atomic E-state index is 13.4. The fourth-order valence-corrected chi connectivity index (χ4v) is 6.70. The lowest BCUT2D eigenvalue weighted by Crippen LogP contribution is -2.40. The standard InChI is InChI=1S/C35H36N4O4.B4H/c1-9-21-20(6)28-13-26-17(3)16(2)24(36-26)12-25-18(4)19(5)27(37-25)14-30-23-11-10-22(33(40)41)32(34(42)43-8)35(23,7)31(39-30)15-29(21)38-28;1-4(2)3/h9-15,32,36-39H,1H2,2-8H3,(H,40,41);4H/q;-1. The van der Waals surface area contributed by atoms with E-state index >= 15 is 0 Å². The summed E-state index contributed by atoms with van der Waals surface area (Å²) in [5.74, 6) is -2.85. The number of aromatic nitrogens is 3. The summed E-state index contributed by atoms with van der Waals surface area (Å²) in [5, 5.41) is 15.7. The number of allylic oxidation sites excluding steroid dienone is 4. The number of nitrogens with one attached hydrogen (secondary N) is 4. The predicted octanol–water partition coefficient (Wildman–Crippen LogP) is 2.77. The van der Waals surface area contributed by atoms with Gasteiger partial charge in [-0.25, -0.2) is 28.0 Å². The number of ether oxygens (including phenoxy) is 1. The van der Waals surface area contributed by atoms with Crippen molar-refractivity contribution in [2.75, 3.05) is 7.11 Å². The summed E-state index contributed by atoms with van der Waals surface area (Å²) >= 11 is 0. The van der Waals surface area contributed by atoms with Crippen LogP contribution in [0.3, 0.4) is 0 Å². The summed E-state index contributed by atoms with van der Waals surface area (Å²) in [7, 11) is 15.5. The van der Waals surface area contributed by atoms with Gasteiger partial charge < -0.3 is 30.1 Å². The van der Waals surface area contributed by atoms with Gasteiger partial charge in [-0.2, -0.15) is 0 Å². The number of methoxy groups -OCH3 is 1. The molecule has 47 heavy (non-hydrogen) atoms. The largest absolute Gasteiger partial charge is 0.478 e. The van der Waals surface area contributed by atoms with Gasteiger partial charge in [0.25, 0.3) is 0 Å². The molecule has 5 N–H and O–H groups in total. The molecule has 2 atom stereocenters. The Bertz CT molecular complexity index is 2090. The number of carbonyl (C=O) groups excluding carboxylic acids is 1. The van der Waals surface area contributed by atoms with Crippen LogP contribution in [-0.2, 0) is 14.3 Å². The van der Waals surface area contributed by atoms with Gasteiger partial charge in [-0.05, 0) is 99.2 Å². The van der Waals surface area contributed by atoms with Gasteiger partial charge in [-0.3, -0.25) is 4.79 Å². The molecule has 6 radical (unpaired) electrons. The Kier molecular flexibility index (Phi) is 8.93. The number of carbonyl (C=O) groups is 2. The number of H-pyrrole nitrogens is 3. The molecule has 3 aromatic heterocycles. The summed E-state index contributed by atoms with van der Waals surface area (Å²) in [6, 6.07) is 0. The highest BCUT2D eigenvalue weighted by Gasteiger charge is 2.55. The van der Waals surface area contributed by atoms with Crippen molar-refractivity contribution in [3.63, 3.8) is 0 Å². The number of esters is 1. The fourth-order valence-electron chi connectivity index (χ4n) is 6.70. The second kappa shape index (κ2) is 12.5. The van der Waals surface area contributed by atoms with Gasteiger partial charge in [0.15, 0.2) is 0 Å². The van der Waals surface area contributed by atoms with Gasteiger partial charge in [0, 0.05) is 50.4 Å². The zero-order valence-corrected chi connectivity index (χ0v) is 27.9. The van der Waals surface area contributed by atoms with E-state index in [-0.39, 0.29) is 5.57 Å². The van der Waals surface area contributed by atoms with Gasteiger partial charge in [0.05, 0.1) is 18.1 Å². The van der Waals surface area contributed by atoms with Gasteiger partial charge in [-0.1, -0.05) is 24.8 Å². The quantitative estimate of drug-likeness (QED) is 0.228. The van der Waals surface area contributed by atoms with E-state index in [0.29, 0.717) is 5.70 Å². The highest BCUT2D eigenvalue weighted by molar-refractivity contribution is 7.49. The average molecular weight is 621 g/mol. The van der Waals surface area contributed by atoms with Crippen molar-refractivity contribution in [2.24, 2.45) is 11.3 Å². The minimum Gasteiger partial charge on any atom is -0.478 e. The van der Waals surface area contributed by atoms with Gasteiger partial charge in [0.2, 0.25) is 0 Å². The highest BCUT2D eigenvalue weighted by Crippen LogP contribution is 2.55. The van der Waals surface area contributed by atoms with Crippen molar-refractivity contribution in [1.29, 1.82) is 0 Å². The number of rotatable bonds is 3. The van der Waals surface area contributed by atoms with E-state index in [0.717, 1.165) is 72.6 Å². The first-order chi connectivity index (χ1) is 22.1. The molecule has 1 saturated heterocycles. The number of aromatic amines is 3. The molecular formula is C35H37B4N4O4-. The van der Waals surface area contributed by atoms with Crippen LogP contribution in [0.25, 0.3) is 30.4 Å². The summed E-state index contributed by atoms with van der Waals surface area (Å²) in [4.78, 5) is 36.5. The molecule has 0 aromatic carbocycles. The molecule has 12 heteroatoms. The lowest BCUT2D eigenvalue weighted by Gasteiger charge is -2.36. The van der Waals surface area contributed by atoms with Crippen LogP contribution >= 0.6 is 0 Å². The first kappa shape index (κ1) is 33.6. The molecule has 2 unspecified atom stereocenters. The number of fused-ring (bicyclic) bond motifs is 11. The van der Waals surface area contributed by atoms with Crippen molar-refractivity contribution in [3.8, 4) is 0 Å². The Labute approximate surface area is 279 Å². The maximum Gasteiger partial charge on any atom is 0.332 e. The SMILES string of the molecule is C=Cc1c2[nH]c(c1C)C=c1[nH]c(c(C)c1C)=Cc1[nH]c(c(C)c1C)C=C1NC(=C2)C2(C)C1=CC=C(C(=O)O)C2C(=O)OC.[B][BH-]([B])[B]. The van der Waals surface area contributed by atoms with E-state index in [1.54, 1.807) is 6.08 Å². The lowest BCUT2D eigenvalue weighted by atomic mass is 9.08. The zero-order valence-electron chi connectivity index (χ0n) is 27.9. The Balaban J connectivity index is 0.00000103. The van der Waals surface area contributed by atoms with Crippen LogP contribution in [-0.4, -0.2) is 68.7 Å². The summed E-state index contributed by atoms with van der Waals surface area (Å²) in [5.41, 5.74) is 11.3. The summed E-state index contributed by atoms with van der Waals surface area (Å²) in [6.45, 7) is 16.4. The van der Waals surface area contributed by atoms with E-state index in [1.165, 1.54) is 18.7 Å². The smallest absolute Gasteiger partial charge is 0.332 e. The van der Waals surface area contributed by atoms with E-state index in [9.17, 15) is 14.7 Å². The van der Waals surface area contributed by atoms with E-state index in [1.807, 2.05) is 32.1 Å². The van der Waals surface area contributed by atoms with Crippen LogP contribution < -0.4 is 16.0 Å². The van der Waals surface area contributed by atoms with Crippen molar-refractivity contribution in [1.82, 2.24) is 20.3 Å². The third-order valence-corrected chi connectivity index (χ3v) is 9.69. The third kappa shape index (κ3) is 5.64. The normalized spacial score (nSPS) is 19.4. The van der Waals surface area contributed by atoms with Crippen LogP contribution in [0.1, 0.15) is 63.1 Å². The Morgan fingerprint density at radius 2 is 1.38 bits per heavy atom. The molecule has 0 spiro atoms. The second-order valence-electron chi connectivity index (χ2n) is 12.5. The van der Waals surface area contributed by atoms with Crippen LogP contribution in [0.5, 0.6) is 0 Å². The minimum atomic E-state index is -1.25. The third-order valence-electron chi connectivity index (χ3n) is 9.69. The number of aliphatic carboxylic acids is 1. The minimum absolute atomic E-state index is 0.0180. The predicted molar refractivity (Wildman–Crippen MR) is 193 cm³/mol. The second-order valence-corrected chi connectivity index (χ2v) is 12.5. The molecule has 0 saturated carbocycles. The molecule has 5 heterocycles. The first-order valence-corrected chi connectivity index (χ1v) is 15.5. The molecule has 1 aliphatic carbocycles. The van der Waals surface area contributed by atoms with E-state index in [4.69, 9.17) is 27.9 Å². The molecule has 0 amide bonds. The zero-order chi connectivity index (χ0) is 34.5. The molecule has 6 rings (SSSR count). The molecule has 234 valence electrons. The van der Waals surface area contributed by atoms with E-state index in [2.05, 4.69) is 66.7 Å². The monoisotopic (exact) mass is 621 g/mol. The molecule has 8 nitrogen and oxygen atoms in total. The highest BCUT2D eigenvalue weighted by atomic mass is 16.5. The molecular weight excluding hydrogens is 584 g/mol. The molecule has 8 bridgehead atoms. The van der Waals surface area contributed by atoms with Crippen molar-refractivity contribution in [2.45, 2.75) is 41.5 Å². The van der Waals surface area contributed by atoms with Crippen LogP contribution in [0.2, 0.25) is 0 Å². The summed E-state index contributed by atoms with van der Waals surface area (Å²) in [6.07, 6.45) is 12.1. The van der Waals surface area contributed by atoms with Crippen molar-refractivity contribution < 1.29 is 19.4 Å². The Morgan fingerprint density at radius 1 is 0.851 bits per heavy atom. The van der Waals surface area contributed by atoms with Crippen molar-refractivity contribution >= 4 is 71.9 Å². The average Bonchev–Trinajstić information content (AvgIpc) is 3.64. The van der Waals surface area contributed by atoms with Crippen LogP contribution in [0.15, 0.2) is 41.3 Å². The molecule has 2 aliphatic heterocycles. The Hall–Kier alpha value is -4.72. The molecule has 1 fully saturated rings. The maximum absolute atomic E-state index is 13.4. The van der Waals surface area contributed by atoms with Crippen LogP contribution in [0, 0.1) is 46.0 Å². The first-order valence-electron chi connectivity index (χ1n) is 15.5. The summed E-state index contributed by atoms with van der Waals surface area (Å²) < 4.78 is 5.20. The van der Waals surface area contributed by atoms with Gasteiger partial charge >= 0.3 is 11.9 Å². The van der Waals surface area contributed by atoms with Gasteiger partial charge in [0.1, 0.15) is 5.92 Å². The lowest BCUT2D eigenvalue weighted by molar-refractivity contribution is -0.149. The Morgan fingerprint density at radius 3 is 1.91 bits per heavy atom. The van der Waals surface area contributed by atoms with Gasteiger partial charge in [-0.15, -0.1) is 6.39 Å². The van der Waals surface area contributed by atoms with Crippen LogP contribution in [0.4, 0.5) is 0 Å². The fraction of sp³-hybridized carbons (Fsp3) is 0.257. The molecule has 3 aromatic rings. The number of hydrogen-bond acceptors (Lipinski definition) is 4. The number of carboxylic acids is 1. The van der Waals surface area contributed by atoms with E-state index < -0.39 is 29.7 Å². The number of hydrogen-bond donors (Lipinski definition) is 5. The number of carboxylic acid groups (broad SMARTS) is 1. The molecule has 3 aliphatic rings. The van der Waals surface area contributed by atoms with Crippen molar-refractivity contribution in [3.05, 3.63) is 108 Å². The topological polar surface area (TPSA) is 123 Å².